The summed E-state index contributed by atoms with van der Waals surface area (Å²) in [5, 5.41) is 2.50. The first-order valence-electron chi connectivity index (χ1n) is 6.62. The second kappa shape index (κ2) is 6.27. The Kier molecular flexibility index (Phi) is 4.63. The van der Waals surface area contributed by atoms with E-state index in [-0.39, 0.29) is 16.4 Å². The quantitative estimate of drug-likeness (QED) is 0.689. The van der Waals surface area contributed by atoms with Crippen molar-refractivity contribution >= 4 is 16.1 Å². The molecular formula is C12H18N4O4S. The largest absolute Gasteiger partial charge is 0.352 e. The lowest BCUT2D eigenvalue weighted by Crippen LogP contribution is -2.44. The number of hydrogen-bond donors (Lipinski definition) is 3. The van der Waals surface area contributed by atoms with E-state index in [9.17, 15) is 18.0 Å². The highest BCUT2D eigenvalue weighted by molar-refractivity contribution is 7.89. The van der Waals surface area contributed by atoms with E-state index < -0.39 is 16.1 Å². The molecule has 0 spiro atoms. The summed E-state index contributed by atoms with van der Waals surface area (Å²) in [7, 11) is -3.63. The van der Waals surface area contributed by atoms with Crippen molar-refractivity contribution in [3.8, 4) is 0 Å². The lowest BCUT2D eigenvalue weighted by atomic mass is 10.00. The highest BCUT2D eigenvalue weighted by Gasteiger charge is 2.30. The molecule has 2 rings (SSSR count). The zero-order valence-corrected chi connectivity index (χ0v) is 12.2. The predicted molar refractivity (Wildman–Crippen MR) is 76.1 cm³/mol. The van der Waals surface area contributed by atoms with E-state index in [0.717, 1.165) is 6.42 Å². The number of hydrogen-bond acceptors (Lipinski definition) is 4. The van der Waals surface area contributed by atoms with Crippen LogP contribution in [-0.2, 0) is 10.0 Å². The molecule has 1 unspecified atom stereocenters. The molecule has 8 nitrogen and oxygen atoms in total. The van der Waals surface area contributed by atoms with Gasteiger partial charge in [-0.1, -0.05) is 0 Å². The third kappa shape index (κ3) is 3.82. The van der Waals surface area contributed by atoms with Crippen molar-refractivity contribution in [3.05, 3.63) is 28.7 Å². The van der Waals surface area contributed by atoms with Gasteiger partial charge in [0.05, 0.1) is 4.90 Å². The minimum Gasteiger partial charge on any atom is -0.352 e. The maximum absolute atomic E-state index is 12.5. The average molecular weight is 314 g/mol. The van der Waals surface area contributed by atoms with Crippen LogP contribution in [0, 0.1) is 5.92 Å². The number of nitrogens with one attached hydrogen (secondary N) is 2. The van der Waals surface area contributed by atoms with Crippen molar-refractivity contribution in [3.63, 3.8) is 0 Å². The molecule has 0 radical (unpaired) electrons. The van der Waals surface area contributed by atoms with Crippen molar-refractivity contribution < 1.29 is 13.2 Å². The molecule has 1 aromatic rings. The first kappa shape index (κ1) is 15.5. The number of urea groups is 1. The van der Waals surface area contributed by atoms with Crippen molar-refractivity contribution in [2.75, 3.05) is 19.6 Å². The SMILES string of the molecule is NC(=O)NCC1CCCN(S(=O)(=O)c2ccc(=O)[nH]c2)C1. The molecule has 1 fully saturated rings. The second-order valence-corrected chi connectivity index (χ2v) is 6.94. The van der Waals surface area contributed by atoms with Gasteiger partial charge in [-0.2, -0.15) is 4.31 Å². The summed E-state index contributed by atoms with van der Waals surface area (Å²) in [5.74, 6) is 0.0313. The van der Waals surface area contributed by atoms with Crippen LogP contribution in [0.25, 0.3) is 0 Å². The summed E-state index contributed by atoms with van der Waals surface area (Å²) in [6.45, 7) is 1.10. The molecule has 1 atom stereocenters. The molecular weight excluding hydrogens is 296 g/mol. The summed E-state index contributed by atoms with van der Waals surface area (Å²) in [4.78, 5) is 24.2. The number of nitrogens with zero attached hydrogens (tertiary/aromatic N) is 1. The number of carbonyl (C=O) groups is 1. The third-order valence-electron chi connectivity index (χ3n) is 3.44. The third-order valence-corrected chi connectivity index (χ3v) is 5.30. The van der Waals surface area contributed by atoms with Crippen LogP contribution in [0.15, 0.2) is 28.0 Å². The number of sulfonamides is 1. The first-order valence-corrected chi connectivity index (χ1v) is 8.06. The van der Waals surface area contributed by atoms with Gasteiger partial charge in [0.25, 0.3) is 0 Å². The standard InChI is InChI=1S/C12H18N4O4S/c13-12(18)15-6-9-2-1-5-16(8-9)21(19,20)10-3-4-11(17)14-7-10/h3-4,7,9H,1-2,5-6,8H2,(H,14,17)(H3,13,15,18). The molecule has 1 aliphatic rings. The molecule has 9 heteroatoms. The number of carbonyl (C=O) groups excluding carboxylic acids is 1. The Morgan fingerprint density at radius 2 is 2.24 bits per heavy atom. The van der Waals surface area contributed by atoms with Crippen LogP contribution in [0.3, 0.4) is 0 Å². The smallest absolute Gasteiger partial charge is 0.312 e. The molecule has 4 N–H and O–H groups in total. The average Bonchev–Trinajstić information content (AvgIpc) is 2.46. The van der Waals surface area contributed by atoms with Crippen molar-refractivity contribution in [2.45, 2.75) is 17.7 Å². The van der Waals surface area contributed by atoms with E-state index in [2.05, 4.69) is 10.3 Å². The second-order valence-electron chi connectivity index (χ2n) is 5.01. The minimum atomic E-state index is -3.63. The Bertz CT molecular complexity index is 650. The van der Waals surface area contributed by atoms with Crippen LogP contribution in [0.4, 0.5) is 4.79 Å². The fourth-order valence-corrected chi connectivity index (χ4v) is 3.89. The van der Waals surface area contributed by atoms with E-state index in [1.54, 1.807) is 0 Å². The molecule has 2 amide bonds. The lowest BCUT2D eigenvalue weighted by Gasteiger charge is -2.31. The van der Waals surface area contributed by atoms with Crippen LogP contribution in [0.2, 0.25) is 0 Å². The van der Waals surface area contributed by atoms with Gasteiger partial charge in [-0.15, -0.1) is 0 Å². The fourth-order valence-electron chi connectivity index (χ4n) is 2.36. The summed E-state index contributed by atoms with van der Waals surface area (Å²) in [6.07, 6.45) is 2.74. The molecule has 2 heterocycles. The number of pyridine rings is 1. The molecule has 21 heavy (non-hydrogen) atoms. The van der Waals surface area contributed by atoms with Crippen LogP contribution < -0.4 is 16.6 Å². The van der Waals surface area contributed by atoms with Gasteiger partial charge in [0.2, 0.25) is 15.6 Å². The molecule has 0 aliphatic carbocycles. The Labute approximate surface area is 122 Å². The van der Waals surface area contributed by atoms with Gasteiger partial charge >= 0.3 is 6.03 Å². The predicted octanol–water partition coefficient (Wildman–Crippen LogP) is -0.556. The van der Waals surface area contributed by atoms with Crippen LogP contribution in [0.5, 0.6) is 0 Å². The lowest BCUT2D eigenvalue weighted by molar-refractivity contribution is 0.236. The van der Waals surface area contributed by atoms with Gasteiger partial charge in [0, 0.05) is 31.9 Å². The van der Waals surface area contributed by atoms with Gasteiger partial charge in [-0.3, -0.25) is 4.79 Å². The minimum absolute atomic E-state index is 0.0313. The number of aromatic nitrogens is 1. The summed E-state index contributed by atoms with van der Waals surface area (Å²) < 4.78 is 26.3. The van der Waals surface area contributed by atoms with E-state index in [1.165, 1.54) is 22.6 Å². The van der Waals surface area contributed by atoms with E-state index in [4.69, 9.17) is 5.73 Å². The van der Waals surface area contributed by atoms with Gasteiger partial charge in [-0.25, -0.2) is 13.2 Å². The number of rotatable bonds is 4. The van der Waals surface area contributed by atoms with Gasteiger partial charge in [0.1, 0.15) is 0 Å². The van der Waals surface area contributed by atoms with E-state index >= 15 is 0 Å². The normalized spacial score (nSPS) is 20.1. The van der Waals surface area contributed by atoms with Crippen molar-refractivity contribution in [1.82, 2.24) is 14.6 Å². The van der Waals surface area contributed by atoms with E-state index in [1.807, 2.05) is 0 Å². The number of piperidine rings is 1. The summed E-state index contributed by atoms with van der Waals surface area (Å²) in [5.41, 5.74) is 4.67. The molecule has 0 bridgehead atoms. The monoisotopic (exact) mass is 314 g/mol. The molecule has 0 aromatic carbocycles. The number of aromatic amines is 1. The Balaban J connectivity index is 2.10. The van der Waals surface area contributed by atoms with Crippen molar-refractivity contribution in [1.29, 1.82) is 0 Å². The molecule has 1 saturated heterocycles. The zero-order chi connectivity index (χ0) is 15.5. The Morgan fingerprint density at radius 1 is 1.48 bits per heavy atom. The van der Waals surface area contributed by atoms with Gasteiger partial charge in [0.15, 0.2) is 0 Å². The number of primary amides is 1. The number of nitrogens with two attached hydrogens (primary N) is 1. The summed E-state index contributed by atoms with van der Waals surface area (Å²) >= 11 is 0. The van der Waals surface area contributed by atoms with Gasteiger partial charge in [-0.05, 0) is 24.8 Å². The first-order chi connectivity index (χ1) is 9.89. The topological polar surface area (TPSA) is 125 Å². The molecule has 1 aromatic heterocycles. The van der Waals surface area contributed by atoms with E-state index in [0.29, 0.717) is 26.1 Å². The number of amides is 2. The van der Waals surface area contributed by atoms with Crippen LogP contribution >= 0.6 is 0 Å². The van der Waals surface area contributed by atoms with Gasteiger partial charge < -0.3 is 16.0 Å². The van der Waals surface area contributed by atoms with Crippen molar-refractivity contribution in [2.24, 2.45) is 11.7 Å². The molecule has 0 saturated carbocycles. The van der Waals surface area contributed by atoms with Crippen LogP contribution in [0.1, 0.15) is 12.8 Å². The maximum Gasteiger partial charge on any atom is 0.312 e. The molecule has 1 aliphatic heterocycles. The highest BCUT2D eigenvalue weighted by atomic mass is 32.2. The molecule has 116 valence electrons. The maximum atomic E-state index is 12.5. The number of H-pyrrole nitrogens is 1. The Morgan fingerprint density at radius 3 is 2.86 bits per heavy atom. The fraction of sp³-hybridized carbons (Fsp3) is 0.500. The highest BCUT2D eigenvalue weighted by Crippen LogP contribution is 2.22. The zero-order valence-electron chi connectivity index (χ0n) is 11.4. The Hall–Kier alpha value is -1.87. The summed E-state index contributed by atoms with van der Waals surface area (Å²) in [6, 6.07) is 1.86. The van der Waals surface area contributed by atoms with Crippen LogP contribution in [-0.4, -0.2) is 43.4 Å².